The average molecular weight is 415 g/mol. The van der Waals surface area contributed by atoms with Crippen LogP contribution in [-0.4, -0.2) is 31.9 Å². The Bertz CT molecular complexity index is 706. The number of esters is 1. The first-order valence-corrected chi connectivity index (χ1v) is 8.49. The highest BCUT2D eigenvalue weighted by Gasteiger charge is 2.33. The lowest BCUT2D eigenvalue weighted by Gasteiger charge is -2.30. The van der Waals surface area contributed by atoms with Gasteiger partial charge in [0.1, 0.15) is 11.5 Å². The van der Waals surface area contributed by atoms with Gasteiger partial charge in [-0.05, 0) is 48.1 Å². The lowest BCUT2D eigenvalue weighted by atomic mass is 9.94. The van der Waals surface area contributed by atoms with Crippen LogP contribution in [0.15, 0.2) is 27.9 Å². The predicted molar refractivity (Wildman–Crippen MR) is 98.2 cm³/mol. The second kappa shape index (κ2) is 7.85. The van der Waals surface area contributed by atoms with Crippen molar-refractivity contribution < 1.29 is 19.0 Å². The molecule has 0 bridgehead atoms. The number of benzene rings is 1. The molecule has 1 aliphatic heterocycles. The smallest absolute Gasteiger partial charge is 0.338 e. The van der Waals surface area contributed by atoms with Gasteiger partial charge in [0.2, 0.25) is 0 Å². The van der Waals surface area contributed by atoms with Crippen molar-refractivity contribution in [2.45, 2.75) is 19.9 Å². The summed E-state index contributed by atoms with van der Waals surface area (Å²) in [6, 6.07) is 3.11. The molecule has 1 aliphatic rings. The van der Waals surface area contributed by atoms with Crippen molar-refractivity contribution in [1.29, 1.82) is 0 Å². The van der Waals surface area contributed by atoms with E-state index in [9.17, 15) is 4.79 Å². The van der Waals surface area contributed by atoms with E-state index in [1.807, 2.05) is 6.07 Å². The maximum absolute atomic E-state index is 12.4. The lowest BCUT2D eigenvalue weighted by Crippen LogP contribution is -2.45. The second-order valence-electron chi connectivity index (χ2n) is 5.02. The minimum Gasteiger partial charge on any atom is -0.496 e. The molecule has 0 radical (unpaired) electrons. The summed E-state index contributed by atoms with van der Waals surface area (Å²) in [7, 11) is 3.14. The van der Waals surface area contributed by atoms with Crippen molar-refractivity contribution in [2.24, 2.45) is 0 Å². The molecule has 0 fully saturated rings. The number of nitrogens with one attached hydrogen (secondary N) is 2. The minimum atomic E-state index is -0.491. The van der Waals surface area contributed by atoms with Crippen LogP contribution in [0.3, 0.4) is 0 Å². The average Bonchev–Trinajstić information content (AvgIpc) is 2.53. The highest BCUT2D eigenvalue weighted by molar-refractivity contribution is 9.10. The van der Waals surface area contributed by atoms with Crippen LogP contribution >= 0.6 is 28.1 Å². The van der Waals surface area contributed by atoms with Gasteiger partial charge in [0.25, 0.3) is 0 Å². The number of carbonyl (C=O) groups excluding carboxylic acids is 1. The maximum Gasteiger partial charge on any atom is 0.338 e. The van der Waals surface area contributed by atoms with E-state index in [2.05, 4.69) is 26.6 Å². The molecular weight excluding hydrogens is 396 g/mol. The fourth-order valence-electron chi connectivity index (χ4n) is 2.52. The van der Waals surface area contributed by atoms with Crippen LogP contribution in [0, 0.1) is 0 Å². The highest BCUT2D eigenvalue weighted by atomic mass is 79.9. The van der Waals surface area contributed by atoms with Gasteiger partial charge in [-0.1, -0.05) is 0 Å². The molecule has 1 unspecified atom stereocenters. The molecule has 1 heterocycles. The summed E-state index contributed by atoms with van der Waals surface area (Å²) in [6.07, 6.45) is 0. The summed E-state index contributed by atoms with van der Waals surface area (Å²) in [5.41, 5.74) is 1.86. The lowest BCUT2D eigenvalue weighted by molar-refractivity contribution is -0.139. The van der Waals surface area contributed by atoms with Crippen molar-refractivity contribution >= 4 is 39.2 Å². The number of carbonyl (C=O) groups is 1. The van der Waals surface area contributed by atoms with Crippen molar-refractivity contribution in [3.63, 3.8) is 0 Å². The van der Waals surface area contributed by atoms with Crippen molar-refractivity contribution in [3.05, 3.63) is 33.4 Å². The normalized spacial score (nSPS) is 17.0. The summed E-state index contributed by atoms with van der Waals surface area (Å²) in [5.74, 6) is 0.800. The van der Waals surface area contributed by atoms with Gasteiger partial charge in [0.05, 0.1) is 36.9 Å². The zero-order valence-electron chi connectivity index (χ0n) is 13.9. The van der Waals surface area contributed by atoms with E-state index in [1.54, 1.807) is 34.1 Å². The van der Waals surface area contributed by atoms with Gasteiger partial charge in [-0.3, -0.25) is 0 Å². The third-order valence-electron chi connectivity index (χ3n) is 3.58. The molecule has 0 saturated carbocycles. The molecule has 2 N–H and O–H groups in total. The SMILES string of the molecule is CCOC(=O)C1=C(C)NC(=S)NC1c1cc(Br)c(OC)cc1OC. The Morgan fingerprint density at radius 2 is 1.96 bits per heavy atom. The number of thiocarbonyl (C=S) groups is 1. The first-order valence-electron chi connectivity index (χ1n) is 7.29. The Morgan fingerprint density at radius 1 is 1.29 bits per heavy atom. The molecule has 1 atom stereocenters. The topological polar surface area (TPSA) is 68.8 Å². The molecule has 6 nitrogen and oxygen atoms in total. The zero-order chi connectivity index (χ0) is 17.9. The Hall–Kier alpha value is -1.80. The fraction of sp³-hybridized carbons (Fsp3) is 0.375. The van der Waals surface area contributed by atoms with Crippen LogP contribution in [0.2, 0.25) is 0 Å². The van der Waals surface area contributed by atoms with Gasteiger partial charge in [-0.15, -0.1) is 0 Å². The van der Waals surface area contributed by atoms with Crippen LogP contribution in [-0.2, 0) is 9.53 Å². The van der Waals surface area contributed by atoms with Gasteiger partial charge < -0.3 is 24.8 Å². The van der Waals surface area contributed by atoms with E-state index in [-0.39, 0.29) is 6.61 Å². The zero-order valence-corrected chi connectivity index (χ0v) is 16.3. The monoisotopic (exact) mass is 414 g/mol. The minimum absolute atomic E-state index is 0.288. The van der Waals surface area contributed by atoms with Gasteiger partial charge >= 0.3 is 5.97 Å². The van der Waals surface area contributed by atoms with E-state index in [4.69, 9.17) is 26.4 Å². The van der Waals surface area contributed by atoms with Gasteiger partial charge in [0.15, 0.2) is 5.11 Å². The number of ether oxygens (including phenoxy) is 3. The van der Waals surface area contributed by atoms with Crippen LogP contribution in [0.5, 0.6) is 11.5 Å². The summed E-state index contributed by atoms with van der Waals surface area (Å²) >= 11 is 8.71. The Labute approximate surface area is 154 Å². The number of halogens is 1. The van der Waals surface area contributed by atoms with Gasteiger partial charge in [0, 0.05) is 17.3 Å². The van der Waals surface area contributed by atoms with E-state index >= 15 is 0 Å². The Morgan fingerprint density at radius 3 is 2.54 bits per heavy atom. The predicted octanol–water partition coefficient (Wildman–Crippen LogP) is 2.82. The Balaban J connectivity index is 2.59. The number of methoxy groups -OCH3 is 2. The largest absolute Gasteiger partial charge is 0.496 e. The van der Waals surface area contributed by atoms with Gasteiger partial charge in [-0.2, -0.15) is 0 Å². The molecule has 0 spiro atoms. The van der Waals surface area contributed by atoms with E-state index < -0.39 is 12.0 Å². The molecule has 24 heavy (non-hydrogen) atoms. The fourth-order valence-corrected chi connectivity index (χ4v) is 3.31. The first-order chi connectivity index (χ1) is 11.4. The molecule has 1 aromatic rings. The summed E-state index contributed by atoms with van der Waals surface area (Å²) in [5, 5.41) is 6.51. The second-order valence-corrected chi connectivity index (χ2v) is 6.28. The summed E-state index contributed by atoms with van der Waals surface area (Å²) in [6.45, 7) is 3.84. The van der Waals surface area contributed by atoms with Crippen molar-refractivity contribution in [1.82, 2.24) is 10.6 Å². The quantitative estimate of drug-likeness (QED) is 0.566. The van der Waals surface area contributed by atoms with E-state index in [1.165, 1.54) is 0 Å². The molecule has 0 aromatic heterocycles. The highest BCUT2D eigenvalue weighted by Crippen LogP contribution is 2.39. The molecule has 2 rings (SSSR count). The molecule has 8 heteroatoms. The third-order valence-corrected chi connectivity index (χ3v) is 4.42. The molecule has 130 valence electrons. The third kappa shape index (κ3) is 3.64. The van der Waals surface area contributed by atoms with E-state index in [0.29, 0.717) is 27.9 Å². The van der Waals surface area contributed by atoms with Crippen molar-refractivity contribution in [2.75, 3.05) is 20.8 Å². The standard InChI is InChI=1S/C16H19BrN2O4S/c1-5-23-15(20)13-8(2)18-16(24)19-14(13)9-6-10(17)12(22-4)7-11(9)21-3/h6-7,14H,5H2,1-4H3,(H2,18,19,24). The molecule has 0 aliphatic carbocycles. The Kier molecular flexibility index (Phi) is 6.06. The van der Waals surface area contributed by atoms with Crippen LogP contribution in [0.25, 0.3) is 0 Å². The van der Waals surface area contributed by atoms with Crippen LogP contribution in [0.1, 0.15) is 25.5 Å². The molecule has 1 aromatic carbocycles. The van der Waals surface area contributed by atoms with E-state index in [0.717, 1.165) is 10.0 Å². The number of allylic oxidation sites excluding steroid dienone is 1. The van der Waals surface area contributed by atoms with Crippen LogP contribution < -0.4 is 20.1 Å². The first kappa shape index (κ1) is 18.5. The number of rotatable bonds is 5. The van der Waals surface area contributed by atoms with Gasteiger partial charge in [-0.25, -0.2) is 4.79 Å². The summed E-state index contributed by atoms with van der Waals surface area (Å²) in [4.78, 5) is 12.4. The maximum atomic E-state index is 12.4. The van der Waals surface area contributed by atoms with Crippen molar-refractivity contribution in [3.8, 4) is 11.5 Å². The van der Waals surface area contributed by atoms with Crippen LogP contribution in [0.4, 0.5) is 0 Å². The molecular formula is C16H19BrN2O4S. The summed E-state index contributed by atoms with van der Waals surface area (Å²) < 4.78 is 16.7. The molecule has 0 amide bonds. The number of hydrogen-bond acceptors (Lipinski definition) is 5. The molecule has 0 saturated heterocycles. The number of hydrogen-bond donors (Lipinski definition) is 2.